The Morgan fingerprint density at radius 1 is 1.27 bits per heavy atom. The normalized spacial score (nSPS) is 20.5. The average Bonchev–Trinajstić information content (AvgIpc) is 3.38. The van der Waals surface area contributed by atoms with E-state index in [1.165, 1.54) is 17.4 Å². The van der Waals surface area contributed by atoms with Crippen LogP contribution in [0, 0.1) is 18.7 Å². The van der Waals surface area contributed by atoms with E-state index < -0.39 is 5.82 Å². The summed E-state index contributed by atoms with van der Waals surface area (Å²) in [7, 11) is 0. The van der Waals surface area contributed by atoms with Gasteiger partial charge in [0.05, 0.1) is 16.3 Å². The first-order valence-corrected chi connectivity index (χ1v) is 10.7. The van der Waals surface area contributed by atoms with Gasteiger partial charge in [-0.25, -0.2) is 14.4 Å². The summed E-state index contributed by atoms with van der Waals surface area (Å²) < 4.78 is 15.9. The van der Waals surface area contributed by atoms with Crippen LogP contribution in [0.1, 0.15) is 15.4 Å². The third kappa shape index (κ3) is 2.77. The fourth-order valence-electron chi connectivity index (χ4n) is 4.40. The van der Waals surface area contributed by atoms with E-state index in [-0.39, 0.29) is 11.6 Å². The van der Waals surface area contributed by atoms with Crippen molar-refractivity contribution in [1.29, 1.82) is 0 Å². The number of amides is 1. The van der Waals surface area contributed by atoms with Gasteiger partial charge in [0.25, 0.3) is 5.91 Å². The zero-order valence-corrected chi connectivity index (χ0v) is 17.0. The van der Waals surface area contributed by atoms with Crippen molar-refractivity contribution in [3.05, 3.63) is 53.0 Å². The number of aryl methyl sites for hydroxylation is 1. The molecule has 152 valence electrons. The third-order valence-electron chi connectivity index (χ3n) is 5.91. The molecule has 4 aromatic rings. The molecule has 1 amide bonds. The van der Waals surface area contributed by atoms with Gasteiger partial charge in [-0.05, 0) is 25.1 Å². The van der Waals surface area contributed by atoms with Gasteiger partial charge in [-0.1, -0.05) is 0 Å². The molecule has 2 atom stereocenters. The number of halogens is 1. The van der Waals surface area contributed by atoms with Crippen molar-refractivity contribution in [2.45, 2.75) is 13.0 Å². The number of thiophene rings is 1. The van der Waals surface area contributed by atoms with Crippen LogP contribution in [0.5, 0.6) is 0 Å². The van der Waals surface area contributed by atoms with Gasteiger partial charge in [-0.15, -0.1) is 11.3 Å². The van der Waals surface area contributed by atoms with Crippen molar-refractivity contribution in [2.24, 2.45) is 5.92 Å². The molecule has 9 heteroatoms. The predicted molar refractivity (Wildman–Crippen MR) is 115 cm³/mol. The Hall–Kier alpha value is -3.04. The summed E-state index contributed by atoms with van der Waals surface area (Å²) in [5.74, 6) is 0.922. The van der Waals surface area contributed by atoms with Crippen LogP contribution in [-0.4, -0.2) is 46.0 Å². The van der Waals surface area contributed by atoms with Crippen molar-refractivity contribution in [3.8, 4) is 0 Å². The van der Waals surface area contributed by atoms with Gasteiger partial charge in [-0.2, -0.15) is 0 Å². The Balaban J connectivity index is 1.26. The first-order chi connectivity index (χ1) is 14.5. The minimum Gasteiger partial charge on any atom is -0.352 e. The molecule has 0 bridgehead atoms. The van der Waals surface area contributed by atoms with Crippen LogP contribution < -0.4 is 15.5 Å². The molecule has 0 aliphatic carbocycles. The second-order valence-corrected chi connectivity index (χ2v) is 8.99. The van der Waals surface area contributed by atoms with Crippen LogP contribution in [0.4, 0.5) is 15.9 Å². The molecule has 2 aliphatic heterocycles. The number of pyridine rings is 2. The van der Waals surface area contributed by atoms with E-state index in [1.807, 2.05) is 18.2 Å². The highest BCUT2D eigenvalue weighted by atomic mass is 32.1. The molecule has 6 heterocycles. The average molecular weight is 422 g/mol. The quantitative estimate of drug-likeness (QED) is 0.531. The smallest absolute Gasteiger partial charge is 0.265 e. The summed E-state index contributed by atoms with van der Waals surface area (Å²) in [4.78, 5) is 25.4. The van der Waals surface area contributed by atoms with E-state index >= 15 is 0 Å². The second kappa shape index (κ2) is 6.48. The number of carbonyl (C=O) groups is 1. The molecule has 0 unspecified atom stereocenters. The number of rotatable bonds is 3. The fraction of sp³-hybridized carbons (Fsp3) is 0.286. The Kier molecular flexibility index (Phi) is 3.84. The van der Waals surface area contributed by atoms with E-state index in [1.54, 1.807) is 23.7 Å². The molecular formula is C21H19FN6OS. The minimum atomic E-state index is -0.474. The Morgan fingerprint density at radius 3 is 3.03 bits per heavy atom. The molecule has 2 fully saturated rings. The Bertz CT molecular complexity index is 1310. The van der Waals surface area contributed by atoms with Gasteiger partial charge >= 0.3 is 0 Å². The Morgan fingerprint density at radius 2 is 2.17 bits per heavy atom. The van der Waals surface area contributed by atoms with Crippen LogP contribution in [-0.2, 0) is 0 Å². The molecule has 2 N–H and O–H groups in total. The largest absolute Gasteiger partial charge is 0.352 e. The van der Waals surface area contributed by atoms with Crippen molar-refractivity contribution in [1.82, 2.24) is 19.7 Å². The van der Waals surface area contributed by atoms with Gasteiger partial charge in [0.1, 0.15) is 10.6 Å². The maximum absolute atomic E-state index is 14.3. The van der Waals surface area contributed by atoms with Crippen LogP contribution in [0.3, 0.4) is 0 Å². The summed E-state index contributed by atoms with van der Waals surface area (Å²) in [6.07, 6.45) is 3.38. The zero-order valence-electron chi connectivity index (χ0n) is 16.2. The van der Waals surface area contributed by atoms with Crippen LogP contribution in [0.2, 0.25) is 0 Å². The lowest BCUT2D eigenvalue weighted by Crippen LogP contribution is -2.56. The number of hydrogen-bond acceptors (Lipinski definition) is 6. The molecule has 0 radical (unpaired) electrons. The first-order valence-electron chi connectivity index (χ1n) is 9.89. The summed E-state index contributed by atoms with van der Waals surface area (Å²) in [6.45, 7) is 4.90. The molecule has 2 aliphatic rings. The topological polar surface area (TPSA) is 74.6 Å². The third-order valence-corrected chi connectivity index (χ3v) is 6.95. The van der Waals surface area contributed by atoms with Crippen LogP contribution in [0.25, 0.3) is 15.9 Å². The summed E-state index contributed by atoms with van der Waals surface area (Å²) in [6, 6.07) is 7.68. The lowest BCUT2D eigenvalue weighted by atomic mass is 9.92. The lowest BCUT2D eigenvalue weighted by molar-refractivity contribution is 0.103. The lowest BCUT2D eigenvalue weighted by Gasteiger charge is -2.44. The number of anilines is 2. The van der Waals surface area contributed by atoms with Gasteiger partial charge in [0.2, 0.25) is 0 Å². The molecule has 0 aromatic carbocycles. The number of nitrogens with zero attached hydrogens (tertiary/aromatic N) is 4. The molecule has 6 rings (SSSR count). The predicted octanol–water partition coefficient (Wildman–Crippen LogP) is 3.05. The number of nitrogens with one attached hydrogen (secondary N) is 2. The highest BCUT2D eigenvalue weighted by molar-refractivity contribution is 7.20. The van der Waals surface area contributed by atoms with Crippen LogP contribution in [0.15, 0.2) is 36.7 Å². The molecule has 0 spiro atoms. The highest BCUT2D eigenvalue weighted by Crippen LogP contribution is 2.34. The summed E-state index contributed by atoms with van der Waals surface area (Å²) in [5, 5.41) is 7.15. The van der Waals surface area contributed by atoms with Crippen LogP contribution >= 0.6 is 11.3 Å². The molecule has 30 heavy (non-hydrogen) atoms. The minimum absolute atomic E-state index is 0.245. The van der Waals surface area contributed by atoms with Gasteiger partial charge in [-0.3, -0.25) is 4.79 Å². The number of hydrogen-bond donors (Lipinski definition) is 2. The van der Waals surface area contributed by atoms with Gasteiger partial charge in [0, 0.05) is 55.4 Å². The monoisotopic (exact) mass is 422 g/mol. The molecule has 4 aromatic heterocycles. The highest BCUT2D eigenvalue weighted by Gasteiger charge is 2.42. The molecule has 0 saturated carbocycles. The van der Waals surface area contributed by atoms with Crippen molar-refractivity contribution >= 4 is 44.6 Å². The molecular weight excluding hydrogens is 403 g/mol. The second-order valence-electron chi connectivity index (χ2n) is 7.96. The first kappa shape index (κ1) is 17.8. The van der Waals surface area contributed by atoms with E-state index in [2.05, 4.69) is 20.5 Å². The maximum Gasteiger partial charge on any atom is 0.265 e. The van der Waals surface area contributed by atoms with E-state index in [9.17, 15) is 9.18 Å². The Labute approximate surface area is 175 Å². The maximum atomic E-state index is 14.3. The number of fused-ring (bicyclic) bond motifs is 3. The summed E-state index contributed by atoms with van der Waals surface area (Å²) >= 11 is 1.35. The number of imidazole rings is 1. The summed E-state index contributed by atoms with van der Waals surface area (Å²) in [5.41, 5.74) is 1.34. The van der Waals surface area contributed by atoms with E-state index in [0.717, 1.165) is 35.7 Å². The van der Waals surface area contributed by atoms with Crippen molar-refractivity contribution in [2.75, 3.05) is 29.9 Å². The van der Waals surface area contributed by atoms with E-state index in [0.29, 0.717) is 28.2 Å². The standard InChI is InChI=1S/C21H19FN6OS/c1-11-8-27-10-14(5-15(22)19(27)24-11)25-20(29)17-4-12-2-3-18(26-21(12)30-17)28-9-13-6-23-7-16(13)28/h2-5,8,10,13,16,23H,6-7,9H2,1H3,(H,25,29)/t13-,16-/m0/s1. The molecule has 7 nitrogen and oxygen atoms in total. The van der Waals surface area contributed by atoms with Crippen molar-refractivity contribution in [3.63, 3.8) is 0 Å². The number of carbonyl (C=O) groups excluding carboxylic acids is 1. The van der Waals surface area contributed by atoms with Gasteiger partial charge in [0.15, 0.2) is 11.5 Å². The van der Waals surface area contributed by atoms with Crippen molar-refractivity contribution < 1.29 is 9.18 Å². The SMILES string of the molecule is Cc1cn2cc(NC(=O)c3cc4ccc(N5C[C@@H]6CNC[C@@H]65)nc4s3)cc(F)c2n1. The van der Waals surface area contributed by atoms with Gasteiger partial charge < -0.3 is 19.9 Å². The number of aromatic nitrogens is 3. The van der Waals surface area contributed by atoms with E-state index in [4.69, 9.17) is 4.98 Å². The molecule has 2 saturated heterocycles. The zero-order chi connectivity index (χ0) is 20.4. The fourth-order valence-corrected chi connectivity index (χ4v) is 5.33.